The zero-order chi connectivity index (χ0) is 39.2. The van der Waals surface area contributed by atoms with Crippen molar-refractivity contribution in [1.29, 1.82) is 0 Å². The Balaban J connectivity index is 3.89. The Labute approximate surface area is 309 Å². The van der Waals surface area contributed by atoms with Gasteiger partial charge in [-0.2, -0.15) is 0 Å². The Morgan fingerprint density at radius 1 is 0.520 bits per heavy atom. The average Bonchev–Trinajstić information content (AvgIpc) is 2.93. The first-order valence-corrected chi connectivity index (χ1v) is 29.6. The molecule has 1 aromatic carbocycles. The molecule has 0 amide bonds. The van der Waals surface area contributed by atoms with Crippen LogP contribution in [0.3, 0.4) is 0 Å². The highest BCUT2D eigenvalue weighted by Crippen LogP contribution is 2.42. The minimum Gasteiger partial charge on any atom is -0.393 e. The first-order valence-electron chi connectivity index (χ1n) is 17.9. The molecule has 0 saturated carbocycles. The van der Waals surface area contributed by atoms with Crippen LogP contribution in [0.4, 0.5) is 0 Å². The maximum atomic E-state index is 11.0. The summed E-state index contributed by atoms with van der Waals surface area (Å²) in [5, 5.41) is 10.2. The molecule has 14 heteroatoms. The van der Waals surface area contributed by atoms with Gasteiger partial charge in [0, 0.05) is 0 Å². The number of hydrogen-bond acceptors (Lipinski definition) is 10. The standard InChI is InChI=1S/C36H74O10Si4/c1-33(2,3)47(13,14)43-32(42-38-27-28-24-22-21-23-25-28)31(41-46-50(19,20)36(10,11)12)30(40-45-49(17,18)35(7,8)9)29(26-37)39-44-48(15,16)34(4,5)6/h21-25,29-32,37H,26-27H2,1-20H3/t29-,30+,31-,32?/m1/s1. The molecule has 0 saturated heterocycles. The van der Waals surface area contributed by atoms with Crippen LogP contribution in [0.25, 0.3) is 0 Å². The van der Waals surface area contributed by atoms with E-state index in [1.807, 2.05) is 30.3 Å². The Morgan fingerprint density at radius 3 is 1.28 bits per heavy atom. The Kier molecular flexibility index (Phi) is 17.1. The third-order valence-corrected chi connectivity index (χ3v) is 27.9. The van der Waals surface area contributed by atoms with Gasteiger partial charge < -0.3 is 9.53 Å². The minimum atomic E-state index is -2.57. The maximum Gasteiger partial charge on any atom is 0.238 e. The highest BCUT2D eigenvalue weighted by molar-refractivity contribution is 6.75. The van der Waals surface area contributed by atoms with Crippen LogP contribution in [0.1, 0.15) is 88.6 Å². The van der Waals surface area contributed by atoms with Gasteiger partial charge in [0.2, 0.25) is 31.2 Å². The van der Waals surface area contributed by atoms with Crippen molar-refractivity contribution in [1.82, 2.24) is 0 Å². The van der Waals surface area contributed by atoms with Crippen LogP contribution in [0.15, 0.2) is 30.3 Å². The lowest BCUT2D eigenvalue weighted by Gasteiger charge is -2.44. The van der Waals surface area contributed by atoms with Crippen LogP contribution in [-0.2, 0) is 49.2 Å². The summed E-state index contributed by atoms with van der Waals surface area (Å²) >= 11 is 0. The van der Waals surface area contributed by atoms with E-state index in [2.05, 4.69) is 135 Å². The third-order valence-electron chi connectivity index (χ3n) is 11.1. The Hall–Kier alpha value is -0.312. The lowest BCUT2D eigenvalue weighted by atomic mass is 10.1. The molecule has 0 bridgehead atoms. The summed E-state index contributed by atoms with van der Waals surface area (Å²) in [4.78, 5) is 31.1. The lowest BCUT2D eigenvalue weighted by Crippen LogP contribution is -2.58. The molecular formula is C36H74O10Si4. The second-order valence-electron chi connectivity index (χ2n) is 19.6. The third kappa shape index (κ3) is 13.8. The van der Waals surface area contributed by atoms with Gasteiger partial charge in [-0.05, 0) is 78.1 Å². The van der Waals surface area contributed by atoms with E-state index in [0.717, 1.165) is 5.56 Å². The highest BCUT2D eigenvalue weighted by atomic mass is 28.4. The van der Waals surface area contributed by atoms with E-state index in [1.165, 1.54) is 0 Å². The van der Waals surface area contributed by atoms with Crippen LogP contribution in [0.2, 0.25) is 72.5 Å². The second kappa shape index (κ2) is 17.9. The van der Waals surface area contributed by atoms with Crippen LogP contribution in [-0.4, -0.2) is 69.6 Å². The molecule has 0 aliphatic rings. The fourth-order valence-electron chi connectivity index (χ4n) is 3.03. The summed E-state index contributed by atoms with van der Waals surface area (Å²) in [5.41, 5.74) is 0.918. The first kappa shape index (κ1) is 47.7. The van der Waals surface area contributed by atoms with E-state index < -0.39 is 64.5 Å². The zero-order valence-corrected chi connectivity index (χ0v) is 39.2. The largest absolute Gasteiger partial charge is 0.393 e. The van der Waals surface area contributed by atoms with E-state index in [-0.39, 0.29) is 26.8 Å². The molecule has 10 nitrogen and oxygen atoms in total. The molecule has 0 spiro atoms. The molecule has 294 valence electrons. The molecule has 0 aromatic heterocycles. The summed E-state index contributed by atoms with van der Waals surface area (Å²) in [6.07, 6.45) is -4.55. The van der Waals surface area contributed by atoms with E-state index in [4.69, 9.17) is 42.6 Å². The van der Waals surface area contributed by atoms with Crippen LogP contribution >= 0.6 is 0 Å². The Bertz CT molecular complexity index is 1140. The van der Waals surface area contributed by atoms with Crippen LogP contribution in [0, 0.1) is 0 Å². The highest BCUT2D eigenvalue weighted by Gasteiger charge is 2.51. The van der Waals surface area contributed by atoms with Gasteiger partial charge >= 0.3 is 0 Å². The molecule has 4 atom stereocenters. The number of aliphatic hydroxyl groups excluding tert-OH is 1. The van der Waals surface area contributed by atoms with Crippen molar-refractivity contribution in [2.24, 2.45) is 0 Å². The van der Waals surface area contributed by atoms with Crippen molar-refractivity contribution in [2.45, 2.75) is 187 Å². The minimum absolute atomic E-state index is 0.161. The number of hydrogen-bond donors (Lipinski definition) is 1. The van der Waals surface area contributed by atoms with Crippen molar-refractivity contribution in [3.63, 3.8) is 0 Å². The Morgan fingerprint density at radius 2 is 0.900 bits per heavy atom. The number of aliphatic hydroxyl groups is 1. The lowest BCUT2D eigenvalue weighted by molar-refractivity contribution is -0.445. The number of rotatable bonds is 19. The molecule has 1 rings (SSSR count). The molecule has 0 fully saturated rings. The van der Waals surface area contributed by atoms with Gasteiger partial charge in [0.25, 0.3) is 0 Å². The molecule has 0 heterocycles. The van der Waals surface area contributed by atoms with Gasteiger partial charge in [-0.15, -0.1) is 0 Å². The molecule has 0 radical (unpaired) electrons. The molecule has 0 aliphatic heterocycles. The smallest absolute Gasteiger partial charge is 0.238 e. The summed E-state index contributed by atoms with van der Waals surface area (Å²) < 4.78 is 25.9. The van der Waals surface area contributed by atoms with Crippen molar-refractivity contribution < 1.29 is 47.7 Å². The van der Waals surface area contributed by atoms with E-state index in [1.54, 1.807) is 0 Å². The summed E-state index contributed by atoms with van der Waals surface area (Å²) in [6.45, 7) is 41.9. The molecule has 50 heavy (non-hydrogen) atoms. The first-order chi connectivity index (χ1) is 22.3. The zero-order valence-electron chi connectivity index (χ0n) is 35.2. The van der Waals surface area contributed by atoms with Gasteiger partial charge in [-0.3, -0.25) is 13.7 Å². The summed E-state index contributed by atoms with van der Waals surface area (Å²) in [6, 6.07) is 9.73. The number of benzene rings is 1. The van der Waals surface area contributed by atoms with Crippen molar-refractivity contribution >= 4 is 33.3 Å². The van der Waals surface area contributed by atoms with Crippen LogP contribution < -0.4 is 0 Å². The van der Waals surface area contributed by atoms with Gasteiger partial charge in [0.15, 0.2) is 20.5 Å². The van der Waals surface area contributed by atoms with Crippen molar-refractivity contribution in [3.05, 3.63) is 35.9 Å². The van der Waals surface area contributed by atoms with Gasteiger partial charge in [-0.1, -0.05) is 113 Å². The predicted molar refractivity (Wildman–Crippen MR) is 211 cm³/mol. The van der Waals surface area contributed by atoms with Gasteiger partial charge in [0.05, 0.1) is 6.61 Å². The summed E-state index contributed by atoms with van der Waals surface area (Å²) in [5.74, 6) is 0. The van der Waals surface area contributed by atoms with Crippen molar-refractivity contribution in [3.8, 4) is 0 Å². The maximum absolute atomic E-state index is 11.0. The molecule has 1 unspecified atom stereocenters. The fourth-order valence-corrected chi connectivity index (χ4v) is 5.96. The predicted octanol–water partition coefficient (Wildman–Crippen LogP) is 10.4. The molecule has 0 aliphatic carbocycles. The van der Waals surface area contributed by atoms with E-state index >= 15 is 0 Å². The molecular weight excluding hydrogens is 705 g/mol. The van der Waals surface area contributed by atoms with E-state index in [0.29, 0.717) is 0 Å². The van der Waals surface area contributed by atoms with Crippen molar-refractivity contribution in [2.75, 3.05) is 6.61 Å². The molecule has 1 N–H and O–H groups in total. The van der Waals surface area contributed by atoms with Gasteiger partial charge in [0.1, 0.15) is 12.7 Å². The van der Waals surface area contributed by atoms with Crippen LogP contribution in [0.5, 0.6) is 0 Å². The normalized spacial score (nSPS) is 17.1. The fraction of sp³-hybridized carbons (Fsp3) is 0.833. The quantitative estimate of drug-likeness (QED) is 0.0632. The summed E-state index contributed by atoms with van der Waals surface area (Å²) in [7, 11) is -10.1. The van der Waals surface area contributed by atoms with Gasteiger partial charge in [-0.25, -0.2) is 24.4 Å². The van der Waals surface area contributed by atoms with E-state index in [9.17, 15) is 5.11 Å². The second-order valence-corrected chi connectivity index (χ2v) is 38.4. The SMILES string of the molecule is CC(C)(C)[Si](C)(C)OO[C@@H]([C@@H](CO)OO[Si](C)(C)C(C)(C)C)[C@@H](OO[Si](C)(C)C(C)(C)C)C(OOCc1ccccc1)O[Si](C)(C)C(C)(C)C. The topological polar surface area (TPSA) is 103 Å². The average molecular weight is 779 g/mol. The monoisotopic (exact) mass is 778 g/mol. The molecule has 1 aromatic rings.